The number of carboxylic acids is 1. The Morgan fingerprint density at radius 2 is 2.19 bits per heavy atom. The minimum Gasteiger partial charge on any atom is -0.480 e. The van der Waals surface area contributed by atoms with Crippen molar-refractivity contribution in [2.24, 2.45) is 0 Å². The van der Waals surface area contributed by atoms with Gasteiger partial charge in [-0.2, -0.15) is 11.8 Å². The lowest BCUT2D eigenvalue weighted by Crippen LogP contribution is -2.40. The molecule has 1 unspecified atom stereocenters. The maximum absolute atomic E-state index is 11.5. The first kappa shape index (κ1) is 17.1. The van der Waals surface area contributed by atoms with E-state index in [1.807, 2.05) is 0 Å². The third-order valence-corrected chi connectivity index (χ3v) is 3.49. The molecule has 0 saturated heterocycles. The smallest absolute Gasteiger partial charge is 0.326 e. The van der Waals surface area contributed by atoms with Gasteiger partial charge in [-0.15, -0.1) is 0 Å². The van der Waals surface area contributed by atoms with E-state index >= 15 is 0 Å². The molecule has 1 heterocycles. The normalized spacial score (nSPS) is 11.7. The number of carbonyl (C=O) groups excluding carboxylic acids is 2. The molecule has 0 radical (unpaired) electrons. The zero-order valence-corrected chi connectivity index (χ0v) is 12.4. The molecule has 1 aromatic rings. The highest BCUT2D eigenvalue weighted by molar-refractivity contribution is 7.99. The Hall–Kier alpha value is -1.96. The fraction of sp³-hybridized carbons (Fsp3) is 0.462. The van der Waals surface area contributed by atoms with Gasteiger partial charge in [0.05, 0.1) is 18.6 Å². The molecule has 0 aliphatic carbocycles. The van der Waals surface area contributed by atoms with Gasteiger partial charge in [0.25, 0.3) is 0 Å². The van der Waals surface area contributed by atoms with E-state index in [0.29, 0.717) is 18.1 Å². The number of furan rings is 1. The van der Waals surface area contributed by atoms with Gasteiger partial charge < -0.3 is 20.2 Å². The lowest BCUT2D eigenvalue weighted by molar-refractivity contribution is -0.141. The van der Waals surface area contributed by atoms with Crippen LogP contribution in [0.3, 0.4) is 0 Å². The Morgan fingerprint density at radius 3 is 2.76 bits per heavy atom. The van der Waals surface area contributed by atoms with Crippen molar-refractivity contribution in [3.05, 3.63) is 24.2 Å². The van der Waals surface area contributed by atoms with E-state index < -0.39 is 12.0 Å². The summed E-state index contributed by atoms with van der Waals surface area (Å²) in [5.41, 5.74) is 0. The van der Waals surface area contributed by atoms with Crippen molar-refractivity contribution >= 4 is 29.5 Å². The van der Waals surface area contributed by atoms with Gasteiger partial charge in [0.15, 0.2) is 0 Å². The largest absolute Gasteiger partial charge is 0.480 e. The van der Waals surface area contributed by atoms with Gasteiger partial charge in [0, 0.05) is 6.92 Å². The molecule has 0 aliphatic heterocycles. The Bertz CT molecular complexity index is 475. The SMILES string of the molecule is CC(=O)NC(CCSCC(=O)NCc1ccco1)C(=O)O. The summed E-state index contributed by atoms with van der Waals surface area (Å²) in [6.45, 7) is 1.60. The van der Waals surface area contributed by atoms with E-state index in [2.05, 4.69) is 10.6 Å². The first-order valence-corrected chi connectivity index (χ1v) is 7.51. The van der Waals surface area contributed by atoms with Crippen molar-refractivity contribution in [2.45, 2.75) is 25.9 Å². The molecular formula is C13H18N2O5S. The summed E-state index contributed by atoms with van der Waals surface area (Å²) >= 11 is 1.31. The molecule has 0 fully saturated rings. The third kappa shape index (κ3) is 7.40. The zero-order chi connectivity index (χ0) is 15.7. The Labute approximate surface area is 126 Å². The molecule has 0 aromatic carbocycles. The fourth-order valence-electron chi connectivity index (χ4n) is 1.52. The molecule has 0 bridgehead atoms. The number of carboxylic acid groups (broad SMARTS) is 1. The Morgan fingerprint density at radius 1 is 1.43 bits per heavy atom. The first-order chi connectivity index (χ1) is 9.99. The lowest BCUT2D eigenvalue weighted by Gasteiger charge is -2.12. The minimum absolute atomic E-state index is 0.150. The second-order valence-corrected chi connectivity index (χ2v) is 5.39. The molecular weight excluding hydrogens is 296 g/mol. The van der Waals surface area contributed by atoms with Crippen molar-refractivity contribution in [1.82, 2.24) is 10.6 Å². The highest BCUT2D eigenvalue weighted by Crippen LogP contribution is 2.06. The maximum Gasteiger partial charge on any atom is 0.326 e. The summed E-state index contributed by atoms with van der Waals surface area (Å²) in [7, 11) is 0. The van der Waals surface area contributed by atoms with Crippen LogP contribution in [0.1, 0.15) is 19.1 Å². The van der Waals surface area contributed by atoms with Crippen LogP contribution in [0.25, 0.3) is 0 Å². The van der Waals surface area contributed by atoms with Gasteiger partial charge in [-0.1, -0.05) is 0 Å². The number of rotatable bonds is 9. The van der Waals surface area contributed by atoms with Crippen molar-refractivity contribution in [3.8, 4) is 0 Å². The summed E-state index contributed by atoms with van der Waals surface area (Å²) in [5, 5.41) is 13.9. The molecule has 21 heavy (non-hydrogen) atoms. The van der Waals surface area contributed by atoms with E-state index in [1.54, 1.807) is 12.1 Å². The first-order valence-electron chi connectivity index (χ1n) is 6.35. The van der Waals surface area contributed by atoms with Crippen molar-refractivity contribution in [1.29, 1.82) is 0 Å². The number of amides is 2. The third-order valence-electron chi connectivity index (χ3n) is 2.50. The number of aliphatic carboxylic acids is 1. The van der Waals surface area contributed by atoms with E-state index in [1.165, 1.54) is 24.9 Å². The molecule has 7 nitrogen and oxygen atoms in total. The van der Waals surface area contributed by atoms with Crippen LogP contribution in [-0.4, -0.2) is 40.4 Å². The van der Waals surface area contributed by atoms with Crippen LogP contribution in [0, 0.1) is 0 Å². The molecule has 1 aromatic heterocycles. The molecule has 1 atom stereocenters. The van der Waals surface area contributed by atoms with Crippen molar-refractivity contribution < 1.29 is 23.9 Å². The van der Waals surface area contributed by atoms with Gasteiger partial charge in [-0.25, -0.2) is 4.79 Å². The predicted molar refractivity (Wildman–Crippen MR) is 77.7 cm³/mol. The molecule has 0 spiro atoms. The highest BCUT2D eigenvalue weighted by Gasteiger charge is 2.17. The topological polar surface area (TPSA) is 109 Å². The quantitative estimate of drug-likeness (QED) is 0.576. The van der Waals surface area contributed by atoms with Gasteiger partial charge >= 0.3 is 5.97 Å². The number of nitrogens with one attached hydrogen (secondary N) is 2. The average Bonchev–Trinajstić information content (AvgIpc) is 2.92. The molecule has 3 N–H and O–H groups in total. The van der Waals surface area contributed by atoms with Crippen LogP contribution in [0.15, 0.2) is 22.8 Å². The number of carbonyl (C=O) groups is 3. The zero-order valence-electron chi connectivity index (χ0n) is 11.6. The van der Waals surface area contributed by atoms with Crippen LogP contribution < -0.4 is 10.6 Å². The van der Waals surface area contributed by atoms with E-state index in [-0.39, 0.29) is 24.0 Å². The van der Waals surface area contributed by atoms with Crippen molar-refractivity contribution in [2.75, 3.05) is 11.5 Å². The average molecular weight is 314 g/mol. The fourth-order valence-corrected chi connectivity index (χ4v) is 2.35. The molecule has 2 amide bonds. The van der Waals surface area contributed by atoms with E-state index in [9.17, 15) is 14.4 Å². The summed E-state index contributed by atoms with van der Waals surface area (Å²) in [5.74, 6) is -0.247. The van der Waals surface area contributed by atoms with Crippen LogP contribution in [0.4, 0.5) is 0 Å². The van der Waals surface area contributed by atoms with Gasteiger partial charge in [-0.05, 0) is 24.3 Å². The molecule has 1 rings (SSSR count). The molecule has 0 saturated carbocycles. The highest BCUT2D eigenvalue weighted by atomic mass is 32.2. The lowest BCUT2D eigenvalue weighted by atomic mass is 10.2. The second-order valence-electron chi connectivity index (χ2n) is 4.29. The number of hydrogen-bond acceptors (Lipinski definition) is 5. The van der Waals surface area contributed by atoms with Crippen LogP contribution in [-0.2, 0) is 20.9 Å². The van der Waals surface area contributed by atoms with Crippen LogP contribution in [0.5, 0.6) is 0 Å². The van der Waals surface area contributed by atoms with Gasteiger partial charge in [-0.3, -0.25) is 9.59 Å². The summed E-state index contributed by atoms with van der Waals surface area (Å²) in [4.78, 5) is 33.3. The van der Waals surface area contributed by atoms with E-state index in [0.717, 1.165) is 0 Å². The number of hydrogen-bond donors (Lipinski definition) is 3. The Balaban J connectivity index is 2.15. The van der Waals surface area contributed by atoms with Crippen molar-refractivity contribution in [3.63, 3.8) is 0 Å². The van der Waals surface area contributed by atoms with Crippen LogP contribution >= 0.6 is 11.8 Å². The second kappa shape index (κ2) is 9.06. The van der Waals surface area contributed by atoms with E-state index in [4.69, 9.17) is 9.52 Å². The standard InChI is InChI=1S/C13H18N2O5S/c1-9(16)15-11(13(18)19)4-6-21-8-12(17)14-7-10-3-2-5-20-10/h2-3,5,11H,4,6-8H2,1H3,(H,14,17)(H,15,16)(H,18,19). The Kier molecular flexibility index (Phi) is 7.38. The maximum atomic E-state index is 11.5. The summed E-state index contributed by atoms with van der Waals surface area (Å²) < 4.78 is 5.08. The van der Waals surface area contributed by atoms with Gasteiger partial charge in [0.1, 0.15) is 11.8 Å². The number of thioether (sulfide) groups is 1. The monoisotopic (exact) mass is 314 g/mol. The molecule has 8 heteroatoms. The molecule has 116 valence electrons. The van der Waals surface area contributed by atoms with Crippen LogP contribution in [0.2, 0.25) is 0 Å². The predicted octanol–water partition coefficient (Wildman–Crippen LogP) is 0.608. The summed E-state index contributed by atoms with van der Waals surface area (Å²) in [6.07, 6.45) is 1.80. The summed E-state index contributed by atoms with van der Waals surface area (Å²) in [6, 6.07) is 2.59. The van der Waals surface area contributed by atoms with Gasteiger partial charge in [0.2, 0.25) is 11.8 Å². The molecule has 0 aliphatic rings. The minimum atomic E-state index is -1.08.